The van der Waals surface area contributed by atoms with Gasteiger partial charge in [0, 0.05) is 27.9 Å². The number of aryl methyl sites for hydroxylation is 2. The summed E-state index contributed by atoms with van der Waals surface area (Å²) in [6.45, 7) is 3.88. The monoisotopic (exact) mass is 248 g/mol. The molecule has 0 aliphatic carbocycles. The lowest BCUT2D eigenvalue weighted by molar-refractivity contribution is 1.06. The Kier molecular flexibility index (Phi) is 2.53. The molecule has 0 bridgehead atoms. The van der Waals surface area contributed by atoms with Crippen molar-refractivity contribution in [1.82, 2.24) is 15.0 Å². The lowest BCUT2D eigenvalue weighted by Crippen LogP contribution is -1.95. The molecule has 2 heterocycles. The Labute approximate surface area is 110 Å². The van der Waals surface area contributed by atoms with E-state index in [0.717, 1.165) is 33.5 Å². The number of rotatable bonds is 1. The quantitative estimate of drug-likeness (QED) is 0.719. The van der Waals surface area contributed by atoms with Crippen LogP contribution in [-0.2, 0) is 0 Å². The molecule has 3 rings (SSSR count). The first-order chi connectivity index (χ1) is 9.19. The lowest BCUT2D eigenvalue weighted by atomic mass is 10.1. The molecule has 4 heteroatoms. The Morgan fingerprint density at radius 1 is 1.16 bits per heavy atom. The third-order valence-electron chi connectivity index (χ3n) is 3.10. The Bertz CT molecular complexity index is 809. The zero-order valence-corrected chi connectivity index (χ0v) is 10.7. The Morgan fingerprint density at radius 3 is 2.74 bits per heavy atom. The largest absolute Gasteiger partial charge is 0.358 e. The van der Waals surface area contributed by atoms with Crippen LogP contribution < -0.4 is 0 Å². The standard InChI is InChI=1S/C15H12N4/c1-9-7-13(19-14(8-16)17-9)15-10(2)18-12-6-4-3-5-11(12)15/h3-7,18H,1-2H3. The van der Waals surface area contributed by atoms with Crippen LogP contribution in [-0.4, -0.2) is 15.0 Å². The number of H-pyrrole nitrogens is 1. The molecule has 19 heavy (non-hydrogen) atoms. The molecule has 3 aromatic rings. The van der Waals surface area contributed by atoms with Gasteiger partial charge in [0.25, 0.3) is 0 Å². The van der Waals surface area contributed by atoms with Gasteiger partial charge in [-0.1, -0.05) is 18.2 Å². The van der Waals surface area contributed by atoms with Gasteiger partial charge in [0.15, 0.2) is 0 Å². The summed E-state index contributed by atoms with van der Waals surface area (Å²) < 4.78 is 0. The molecule has 0 amide bonds. The van der Waals surface area contributed by atoms with Gasteiger partial charge in [-0.05, 0) is 26.0 Å². The van der Waals surface area contributed by atoms with E-state index in [2.05, 4.69) is 21.0 Å². The predicted octanol–water partition coefficient (Wildman–Crippen LogP) is 3.11. The van der Waals surface area contributed by atoms with Gasteiger partial charge >= 0.3 is 0 Å². The molecule has 0 spiro atoms. The van der Waals surface area contributed by atoms with Crippen LogP contribution in [0.25, 0.3) is 22.2 Å². The van der Waals surface area contributed by atoms with Crippen LogP contribution >= 0.6 is 0 Å². The average Bonchev–Trinajstić information content (AvgIpc) is 2.73. The minimum Gasteiger partial charge on any atom is -0.358 e. The minimum atomic E-state index is 0.208. The fourth-order valence-corrected chi connectivity index (χ4v) is 2.35. The number of nitrogens with one attached hydrogen (secondary N) is 1. The van der Waals surface area contributed by atoms with Crippen molar-refractivity contribution in [2.45, 2.75) is 13.8 Å². The van der Waals surface area contributed by atoms with E-state index < -0.39 is 0 Å². The molecular formula is C15H12N4. The summed E-state index contributed by atoms with van der Waals surface area (Å²) >= 11 is 0. The van der Waals surface area contributed by atoms with Crippen LogP contribution in [0.1, 0.15) is 17.2 Å². The molecule has 0 saturated heterocycles. The molecule has 0 unspecified atom stereocenters. The lowest BCUT2D eigenvalue weighted by Gasteiger charge is -2.03. The third-order valence-corrected chi connectivity index (χ3v) is 3.10. The van der Waals surface area contributed by atoms with E-state index in [4.69, 9.17) is 5.26 Å². The highest BCUT2D eigenvalue weighted by molar-refractivity contribution is 5.96. The number of nitrogens with zero attached hydrogens (tertiary/aromatic N) is 3. The summed E-state index contributed by atoms with van der Waals surface area (Å²) in [5.74, 6) is 0.208. The van der Waals surface area contributed by atoms with E-state index >= 15 is 0 Å². The molecule has 92 valence electrons. The number of nitriles is 1. The van der Waals surface area contributed by atoms with Gasteiger partial charge < -0.3 is 4.98 Å². The van der Waals surface area contributed by atoms with E-state index in [-0.39, 0.29) is 5.82 Å². The van der Waals surface area contributed by atoms with Gasteiger partial charge in [-0.25, -0.2) is 9.97 Å². The molecule has 1 N–H and O–H groups in total. The first-order valence-electron chi connectivity index (χ1n) is 6.02. The van der Waals surface area contributed by atoms with Crippen molar-refractivity contribution in [3.63, 3.8) is 0 Å². The number of aromatic nitrogens is 3. The van der Waals surface area contributed by atoms with Gasteiger partial charge in [0.2, 0.25) is 5.82 Å². The van der Waals surface area contributed by atoms with Crippen molar-refractivity contribution in [1.29, 1.82) is 5.26 Å². The fraction of sp³-hybridized carbons (Fsp3) is 0.133. The van der Waals surface area contributed by atoms with Gasteiger partial charge in [-0.15, -0.1) is 0 Å². The summed E-state index contributed by atoms with van der Waals surface area (Å²) in [6.07, 6.45) is 0. The second kappa shape index (κ2) is 4.21. The van der Waals surface area contributed by atoms with Gasteiger partial charge in [-0.3, -0.25) is 0 Å². The summed E-state index contributed by atoms with van der Waals surface area (Å²) in [6, 6.07) is 12.0. The van der Waals surface area contributed by atoms with Crippen LogP contribution in [0, 0.1) is 25.2 Å². The molecule has 0 radical (unpaired) electrons. The molecule has 0 saturated carbocycles. The van der Waals surface area contributed by atoms with Crippen LogP contribution in [0.4, 0.5) is 0 Å². The van der Waals surface area contributed by atoms with Crippen molar-refractivity contribution in [2.75, 3.05) is 0 Å². The number of hydrogen-bond donors (Lipinski definition) is 1. The molecular weight excluding hydrogens is 236 g/mol. The van der Waals surface area contributed by atoms with Crippen molar-refractivity contribution in [2.24, 2.45) is 0 Å². The number of fused-ring (bicyclic) bond motifs is 1. The molecule has 0 aliphatic heterocycles. The highest BCUT2D eigenvalue weighted by Gasteiger charge is 2.13. The molecule has 0 atom stereocenters. The molecule has 0 aliphatic rings. The number of para-hydroxylation sites is 1. The smallest absolute Gasteiger partial charge is 0.232 e. The highest BCUT2D eigenvalue weighted by Crippen LogP contribution is 2.30. The fourth-order valence-electron chi connectivity index (χ4n) is 2.35. The molecule has 4 nitrogen and oxygen atoms in total. The van der Waals surface area contributed by atoms with Gasteiger partial charge in [-0.2, -0.15) is 5.26 Å². The normalized spacial score (nSPS) is 10.6. The molecule has 1 aromatic carbocycles. The van der Waals surface area contributed by atoms with Crippen molar-refractivity contribution < 1.29 is 0 Å². The van der Waals surface area contributed by atoms with Gasteiger partial charge in [0.05, 0.1) is 5.69 Å². The molecule has 0 fully saturated rings. The maximum absolute atomic E-state index is 8.98. The van der Waals surface area contributed by atoms with Gasteiger partial charge in [0.1, 0.15) is 6.07 Å². The second-order valence-corrected chi connectivity index (χ2v) is 4.50. The van der Waals surface area contributed by atoms with Crippen LogP contribution in [0.3, 0.4) is 0 Å². The van der Waals surface area contributed by atoms with E-state index in [1.165, 1.54) is 0 Å². The SMILES string of the molecule is Cc1cc(-c2c(C)[nH]c3ccccc23)nc(C#N)n1. The molecule has 2 aromatic heterocycles. The Morgan fingerprint density at radius 2 is 1.95 bits per heavy atom. The summed E-state index contributed by atoms with van der Waals surface area (Å²) in [5.41, 5.74) is 4.75. The first kappa shape index (κ1) is 11.4. The predicted molar refractivity (Wildman–Crippen MR) is 73.5 cm³/mol. The minimum absolute atomic E-state index is 0.208. The van der Waals surface area contributed by atoms with E-state index in [1.807, 2.05) is 44.2 Å². The van der Waals surface area contributed by atoms with Crippen LogP contribution in [0.2, 0.25) is 0 Å². The van der Waals surface area contributed by atoms with Crippen molar-refractivity contribution in [3.8, 4) is 17.3 Å². The van der Waals surface area contributed by atoms with Crippen LogP contribution in [0.5, 0.6) is 0 Å². The maximum atomic E-state index is 8.98. The first-order valence-corrected chi connectivity index (χ1v) is 6.02. The second-order valence-electron chi connectivity index (χ2n) is 4.50. The number of hydrogen-bond acceptors (Lipinski definition) is 3. The van der Waals surface area contributed by atoms with Crippen molar-refractivity contribution in [3.05, 3.63) is 47.5 Å². The number of benzene rings is 1. The average molecular weight is 248 g/mol. The van der Waals surface area contributed by atoms with E-state index in [0.29, 0.717) is 0 Å². The Balaban J connectivity index is 2.33. The summed E-state index contributed by atoms with van der Waals surface area (Å²) in [5, 5.41) is 10.1. The maximum Gasteiger partial charge on any atom is 0.232 e. The number of aromatic amines is 1. The zero-order chi connectivity index (χ0) is 13.4. The zero-order valence-electron chi connectivity index (χ0n) is 10.7. The summed E-state index contributed by atoms with van der Waals surface area (Å²) in [4.78, 5) is 11.7. The van der Waals surface area contributed by atoms with E-state index in [9.17, 15) is 0 Å². The van der Waals surface area contributed by atoms with Crippen LogP contribution in [0.15, 0.2) is 30.3 Å². The van der Waals surface area contributed by atoms with E-state index in [1.54, 1.807) is 0 Å². The third kappa shape index (κ3) is 1.85. The topological polar surface area (TPSA) is 65.4 Å². The highest BCUT2D eigenvalue weighted by atomic mass is 14.9. The Hall–Kier alpha value is -2.67. The summed E-state index contributed by atoms with van der Waals surface area (Å²) in [7, 11) is 0. The van der Waals surface area contributed by atoms with Crippen molar-refractivity contribution >= 4 is 10.9 Å².